The summed E-state index contributed by atoms with van der Waals surface area (Å²) in [5, 5.41) is 20.5. The van der Waals surface area contributed by atoms with Gasteiger partial charge in [0, 0.05) is 22.2 Å². The SMILES string of the molecule is Cc1n[nH]c(C)c1CCC(=O)N/N=C/c1cc(Br)ccc1O. The van der Waals surface area contributed by atoms with Crippen molar-refractivity contribution in [2.24, 2.45) is 5.10 Å². The highest BCUT2D eigenvalue weighted by atomic mass is 79.9. The number of aromatic nitrogens is 2. The van der Waals surface area contributed by atoms with Gasteiger partial charge in [-0.3, -0.25) is 9.89 Å². The molecule has 7 heteroatoms. The number of phenols is 1. The van der Waals surface area contributed by atoms with Gasteiger partial charge >= 0.3 is 0 Å². The van der Waals surface area contributed by atoms with E-state index in [1.54, 1.807) is 18.2 Å². The van der Waals surface area contributed by atoms with E-state index in [9.17, 15) is 9.90 Å². The molecule has 0 saturated carbocycles. The van der Waals surface area contributed by atoms with Gasteiger partial charge in [-0.05, 0) is 44.0 Å². The highest BCUT2D eigenvalue weighted by molar-refractivity contribution is 9.10. The van der Waals surface area contributed by atoms with E-state index in [1.165, 1.54) is 6.21 Å². The Kier molecular flexibility index (Phi) is 5.32. The summed E-state index contributed by atoms with van der Waals surface area (Å²) in [4.78, 5) is 11.8. The number of H-pyrrole nitrogens is 1. The number of aromatic amines is 1. The molecule has 0 aliphatic rings. The summed E-state index contributed by atoms with van der Waals surface area (Å²) in [5.74, 6) is -0.0865. The minimum Gasteiger partial charge on any atom is -0.507 e. The fourth-order valence-corrected chi connectivity index (χ4v) is 2.42. The molecular weight excluding hydrogens is 348 g/mol. The van der Waals surface area contributed by atoms with Crippen molar-refractivity contribution in [1.29, 1.82) is 0 Å². The number of hydrogen-bond acceptors (Lipinski definition) is 4. The van der Waals surface area contributed by atoms with Crippen molar-refractivity contribution in [2.45, 2.75) is 26.7 Å². The van der Waals surface area contributed by atoms with Gasteiger partial charge in [0.15, 0.2) is 0 Å². The van der Waals surface area contributed by atoms with E-state index < -0.39 is 0 Å². The van der Waals surface area contributed by atoms with Gasteiger partial charge in [0.25, 0.3) is 0 Å². The topological polar surface area (TPSA) is 90.4 Å². The number of aryl methyl sites for hydroxylation is 2. The molecule has 3 N–H and O–H groups in total. The number of rotatable bonds is 5. The molecule has 1 aromatic heterocycles. The Morgan fingerprint density at radius 1 is 1.50 bits per heavy atom. The second-order valence-corrected chi connectivity index (χ2v) is 5.82. The number of carbonyl (C=O) groups is 1. The highest BCUT2D eigenvalue weighted by Gasteiger charge is 2.08. The van der Waals surface area contributed by atoms with Crippen molar-refractivity contribution in [2.75, 3.05) is 0 Å². The molecule has 116 valence electrons. The molecule has 0 fully saturated rings. The number of aromatic hydroxyl groups is 1. The van der Waals surface area contributed by atoms with Gasteiger partial charge in [0.05, 0.1) is 11.9 Å². The molecule has 2 aromatic rings. The van der Waals surface area contributed by atoms with Crippen molar-refractivity contribution in [3.63, 3.8) is 0 Å². The lowest BCUT2D eigenvalue weighted by atomic mass is 10.1. The van der Waals surface area contributed by atoms with Crippen LogP contribution in [0.5, 0.6) is 5.75 Å². The predicted octanol–water partition coefficient (Wildman–Crippen LogP) is 2.58. The number of nitrogens with zero attached hydrogens (tertiary/aromatic N) is 2. The van der Waals surface area contributed by atoms with Gasteiger partial charge in [0.1, 0.15) is 5.75 Å². The fraction of sp³-hybridized carbons (Fsp3) is 0.267. The Morgan fingerprint density at radius 2 is 2.27 bits per heavy atom. The Labute approximate surface area is 136 Å². The van der Waals surface area contributed by atoms with E-state index in [2.05, 4.69) is 36.7 Å². The van der Waals surface area contributed by atoms with E-state index in [0.29, 0.717) is 18.4 Å². The van der Waals surface area contributed by atoms with E-state index in [4.69, 9.17) is 0 Å². The second kappa shape index (κ2) is 7.22. The molecule has 0 saturated heterocycles. The first-order chi connectivity index (χ1) is 10.5. The highest BCUT2D eigenvalue weighted by Crippen LogP contribution is 2.19. The van der Waals surface area contributed by atoms with Gasteiger partial charge in [-0.25, -0.2) is 5.43 Å². The Bertz CT molecular complexity index is 690. The van der Waals surface area contributed by atoms with Crippen LogP contribution in [0.4, 0.5) is 0 Å². The zero-order valence-corrected chi connectivity index (χ0v) is 13.9. The van der Waals surface area contributed by atoms with Crippen LogP contribution >= 0.6 is 15.9 Å². The monoisotopic (exact) mass is 364 g/mol. The molecular formula is C15H17BrN4O2. The van der Waals surface area contributed by atoms with Gasteiger partial charge < -0.3 is 5.11 Å². The second-order valence-electron chi connectivity index (χ2n) is 4.91. The lowest BCUT2D eigenvalue weighted by Gasteiger charge is -2.02. The Morgan fingerprint density at radius 3 is 2.95 bits per heavy atom. The van der Waals surface area contributed by atoms with Gasteiger partial charge in [-0.15, -0.1) is 0 Å². The number of amides is 1. The normalized spacial score (nSPS) is 11.0. The van der Waals surface area contributed by atoms with E-state index in [-0.39, 0.29) is 11.7 Å². The maximum absolute atomic E-state index is 11.8. The summed E-state index contributed by atoms with van der Waals surface area (Å²) in [6.07, 6.45) is 2.34. The summed E-state index contributed by atoms with van der Waals surface area (Å²) >= 11 is 3.31. The summed E-state index contributed by atoms with van der Waals surface area (Å²) < 4.78 is 0.823. The van der Waals surface area contributed by atoms with Gasteiger partial charge in [-0.1, -0.05) is 15.9 Å². The van der Waals surface area contributed by atoms with Crippen LogP contribution in [0.2, 0.25) is 0 Å². The molecule has 1 aromatic carbocycles. The van der Waals surface area contributed by atoms with Crippen LogP contribution in [0.1, 0.15) is 28.9 Å². The third kappa shape index (κ3) is 4.17. The minimum absolute atomic E-state index is 0.103. The largest absolute Gasteiger partial charge is 0.507 e. The molecule has 0 aliphatic heterocycles. The Hall–Kier alpha value is -2.15. The molecule has 1 heterocycles. The van der Waals surface area contributed by atoms with E-state index >= 15 is 0 Å². The number of hydrazone groups is 1. The molecule has 0 aliphatic carbocycles. The summed E-state index contributed by atoms with van der Waals surface area (Å²) in [6.45, 7) is 3.84. The van der Waals surface area contributed by atoms with Crippen LogP contribution in [0.3, 0.4) is 0 Å². The van der Waals surface area contributed by atoms with Crippen LogP contribution in [0.25, 0.3) is 0 Å². The van der Waals surface area contributed by atoms with Crippen molar-refractivity contribution in [3.8, 4) is 5.75 Å². The average Bonchev–Trinajstić information content (AvgIpc) is 2.79. The van der Waals surface area contributed by atoms with Gasteiger partial charge in [-0.2, -0.15) is 10.2 Å². The van der Waals surface area contributed by atoms with Crippen molar-refractivity contribution in [1.82, 2.24) is 15.6 Å². The molecule has 1 amide bonds. The molecule has 2 rings (SSSR count). The van der Waals surface area contributed by atoms with Crippen LogP contribution in [0.15, 0.2) is 27.8 Å². The van der Waals surface area contributed by atoms with Crippen LogP contribution < -0.4 is 5.43 Å². The van der Waals surface area contributed by atoms with Crippen LogP contribution in [-0.4, -0.2) is 27.4 Å². The first kappa shape index (κ1) is 16.2. The zero-order chi connectivity index (χ0) is 16.1. The summed E-state index contributed by atoms with van der Waals surface area (Å²) in [6, 6.07) is 4.99. The number of hydrogen-bond donors (Lipinski definition) is 3. The Balaban J connectivity index is 1.88. The predicted molar refractivity (Wildman–Crippen MR) is 87.9 cm³/mol. The third-order valence-electron chi connectivity index (χ3n) is 3.27. The van der Waals surface area contributed by atoms with Crippen molar-refractivity contribution < 1.29 is 9.90 Å². The lowest BCUT2D eigenvalue weighted by molar-refractivity contribution is -0.121. The lowest BCUT2D eigenvalue weighted by Crippen LogP contribution is -2.18. The number of halogens is 1. The molecule has 0 spiro atoms. The summed E-state index contributed by atoms with van der Waals surface area (Å²) in [5.41, 5.74) is 5.93. The molecule has 0 radical (unpaired) electrons. The number of nitrogens with one attached hydrogen (secondary N) is 2. The molecule has 0 atom stereocenters. The number of benzene rings is 1. The van der Waals surface area contributed by atoms with Gasteiger partial charge in [0.2, 0.25) is 5.91 Å². The first-order valence-electron chi connectivity index (χ1n) is 6.78. The van der Waals surface area contributed by atoms with Crippen molar-refractivity contribution >= 4 is 28.1 Å². The molecule has 6 nitrogen and oxygen atoms in total. The number of phenolic OH excluding ortho intramolecular Hbond substituents is 1. The molecule has 22 heavy (non-hydrogen) atoms. The standard InChI is InChI=1S/C15H17BrN4O2/c1-9-13(10(2)19-18-9)4-6-15(22)20-17-8-11-7-12(16)3-5-14(11)21/h3,5,7-8,21H,4,6H2,1-2H3,(H,18,19)(H,20,22)/b17-8+. The maximum atomic E-state index is 11.8. The maximum Gasteiger partial charge on any atom is 0.240 e. The summed E-state index contributed by atoms with van der Waals surface area (Å²) in [7, 11) is 0. The quantitative estimate of drug-likeness (QED) is 0.562. The van der Waals surface area contributed by atoms with E-state index in [0.717, 1.165) is 21.4 Å². The average molecular weight is 365 g/mol. The third-order valence-corrected chi connectivity index (χ3v) is 3.76. The fourth-order valence-electron chi connectivity index (χ4n) is 2.04. The molecule has 0 bridgehead atoms. The molecule has 0 unspecified atom stereocenters. The van der Waals surface area contributed by atoms with Crippen molar-refractivity contribution in [3.05, 3.63) is 45.2 Å². The van der Waals surface area contributed by atoms with Crippen LogP contribution in [-0.2, 0) is 11.2 Å². The van der Waals surface area contributed by atoms with E-state index in [1.807, 2.05) is 13.8 Å². The number of carbonyl (C=O) groups excluding carboxylic acids is 1. The zero-order valence-electron chi connectivity index (χ0n) is 12.4. The first-order valence-corrected chi connectivity index (χ1v) is 7.57. The van der Waals surface area contributed by atoms with Crippen LogP contribution in [0, 0.1) is 13.8 Å². The smallest absolute Gasteiger partial charge is 0.240 e. The minimum atomic E-state index is -0.189.